The molecule has 0 aliphatic heterocycles. The Hall–Kier alpha value is -0.460. The van der Waals surface area contributed by atoms with Crippen molar-refractivity contribution < 1.29 is 14.6 Å². The van der Waals surface area contributed by atoms with E-state index in [1.807, 2.05) is 6.92 Å². The van der Waals surface area contributed by atoms with Gasteiger partial charge < -0.3 is 9.84 Å². The number of aromatic nitrogens is 1. The van der Waals surface area contributed by atoms with E-state index < -0.39 is 5.60 Å². The number of halogens is 1. The molecule has 22 heavy (non-hydrogen) atoms. The van der Waals surface area contributed by atoms with Crippen LogP contribution in [0.25, 0.3) is 0 Å². The summed E-state index contributed by atoms with van der Waals surface area (Å²) >= 11 is 4.98. The minimum atomic E-state index is -0.809. The van der Waals surface area contributed by atoms with E-state index in [2.05, 4.69) is 20.9 Å². The van der Waals surface area contributed by atoms with Crippen LogP contribution < -0.4 is 0 Å². The van der Waals surface area contributed by atoms with Gasteiger partial charge in [0.05, 0.1) is 22.5 Å². The van der Waals surface area contributed by atoms with Crippen LogP contribution in [0, 0.1) is 17.8 Å². The Morgan fingerprint density at radius 1 is 1.36 bits per heavy atom. The van der Waals surface area contributed by atoms with Gasteiger partial charge in [0, 0.05) is 0 Å². The standard InChI is InChI=1S/C16H22BrNO3S/c1-2-21-14(19)10-3-5-11(6-4-10)16(20,12-7-8-12)15-18-9-13(17)22-15/h9-12,20H,2-8H2,1H3/t10?,11?,16-/m0/s1. The second-order valence-corrected chi connectivity index (χ2v) is 8.78. The molecule has 3 rings (SSSR count). The minimum absolute atomic E-state index is 0.00249. The lowest BCUT2D eigenvalue weighted by Gasteiger charge is -2.39. The van der Waals surface area contributed by atoms with E-state index in [0.717, 1.165) is 47.3 Å². The van der Waals surface area contributed by atoms with Gasteiger partial charge in [-0.05, 0) is 73.2 Å². The molecule has 122 valence electrons. The van der Waals surface area contributed by atoms with E-state index in [1.165, 1.54) is 11.3 Å². The molecule has 2 saturated carbocycles. The summed E-state index contributed by atoms with van der Waals surface area (Å²) in [6.07, 6.45) is 7.28. The van der Waals surface area contributed by atoms with Crippen LogP contribution in [-0.4, -0.2) is 22.7 Å². The summed E-state index contributed by atoms with van der Waals surface area (Å²) in [5.41, 5.74) is -0.809. The van der Waals surface area contributed by atoms with Crippen LogP contribution in [0.4, 0.5) is 0 Å². The molecule has 2 aliphatic rings. The zero-order chi connectivity index (χ0) is 15.7. The lowest BCUT2D eigenvalue weighted by atomic mass is 9.71. The van der Waals surface area contributed by atoms with Gasteiger partial charge >= 0.3 is 5.97 Å². The fourth-order valence-corrected chi connectivity index (χ4v) is 5.13. The molecular formula is C16H22BrNO3S. The molecule has 0 bridgehead atoms. The summed E-state index contributed by atoms with van der Waals surface area (Å²) in [5.74, 6) is 0.453. The van der Waals surface area contributed by atoms with Crippen LogP contribution >= 0.6 is 27.3 Å². The van der Waals surface area contributed by atoms with Crippen LogP contribution in [0.15, 0.2) is 9.98 Å². The van der Waals surface area contributed by atoms with E-state index in [1.54, 1.807) is 6.20 Å². The molecule has 0 radical (unpaired) electrons. The predicted octanol–water partition coefficient (Wildman–Crippen LogP) is 3.87. The highest BCUT2D eigenvalue weighted by atomic mass is 79.9. The van der Waals surface area contributed by atoms with Crippen LogP contribution in [0.1, 0.15) is 50.5 Å². The van der Waals surface area contributed by atoms with Gasteiger partial charge in [0.1, 0.15) is 10.6 Å². The molecule has 6 heteroatoms. The Bertz CT molecular complexity index is 537. The van der Waals surface area contributed by atoms with Crippen LogP contribution in [0.2, 0.25) is 0 Å². The highest BCUT2D eigenvalue weighted by molar-refractivity contribution is 9.11. The van der Waals surface area contributed by atoms with Crippen molar-refractivity contribution in [3.05, 3.63) is 15.0 Å². The van der Waals surface area contributed by atoms with Crippen molar-refractivity contribution in [2.24, 2.45) is 17.8 Å². The summed E-state index contributed by atoms with van der Waals surface area (Å²) < 4.78 is 6.09. The average molecular weight is 388 g/mol. The monoisotopic (exact) mass is 387 g/mol. The van der Waals surface area contributed by atoms with Crippen LogP contribution in [0.5, 0.6) is 0 Å². The molecule has 0 unspecified atom stereocenters. The van der Waals surface area contributed by atoms with Crippen molar-refractivity contribution in [3.8, 4) is 0 Å². The third-order valence-electron chi connectivity index (χ3n) is 4.99. The lowest BCUT2D eigenvalue weighted by Crippen LogP contribution is -2.40. The summed E-state index contributed by atoms with van der Waals surface area (Å²) in [6.45, 7) is 2.29. The fraction of sp³-hybridized carbons (Fsp3) is 0.750. The molecule has 1 aromatic rings. The number of hydrogen-bond donors (Lipinski definition) is 1. The van der Waals surface area contributed by atoms with Gasteiger partial charge in [-0.15, -0.1) is 11.3 Å². The zero-order valence-corrected chi connectivity index (χ0v) is 15.2. The molecule has 0 saturated heterocycles. The topological polar surface area (TPSA) is 59.4 Å². The number of thiazole rings is 1. The quantitative estimate of drug-likeness (QED) is 0.778. The first kappa shape index (κ1) is 16.4. The predicted molar refractivity (Wildman–Crippen MR) is 88.5 cm³/mol. The largest absolute Gasteiger partial charge is 0.466 e. The molecule has 4 nitrogen and oxygen atoms in total. The number of ether oxygens (including phenoxy) is 1. The van der Waals surface area contributed by atoms with Crippen molar-refractivity contribution in [2.45, 2.75) is 51.0 Å². The SMILES string of the molecule is CCOC(=O)C1CCC([C@@](O)(c2ncc(Br)s2)C2CC2)CC1. The maximum absolute atomic E-state index is 11.9. The molecule has 1 N–H and O–H groups in total. The number of carbonyl (C=O) groups is 1. The molecule has 2 fully saturated rings. The molecule has 0 amide bonds. The smallest absolute Gasteiger partial charge is 0.308 e. The Morgan fingerprint density at radius 2 is 1.95 bits per heavy atom. The van der Waals surface area contributed by atoms with Gasteiger partial charge in [0.15, 0.2) is 0 Å². The maximum Gasteiger partial charge on any atom is 0.308 e. The Kier molecular flexibility index (Phi) is 4.90. The number of aliphatic hydroxyl groups is 1. The molecule has 1 aromatic heterocycles. The average Bonchev–Trinajstić information content (AvgIpc) is 3.29. The summed E-state index contributed by atoms with van der Waals surface area (Å²) in [7, 11) is 0. The highest BCUT2D eigenvalue weighted by Crippen LogP contribution is 2.54. The van der Waals surface area contributed by atoms with Crippen molar-refractivity contribution in [1.82, 2.24) is 4.98 Å². The zero-order valence-electron chi connectivity index (χ0n) is 12.8. The number of rotatable bonds is 5. The Morgan fingerprint density at radius 3 is 2.41 bits per heavy atom. The van der Waals surface area contributed by atoms with Crippen molar-refractivity contribution in [2.75, 3.05) is 6.61 Å². The third-order valence-corrected chi connectivity index (χ3v) is 6.61. The van der Waals surface area contributed by atoms with E-state index in [-0.39, 0.29) is 17.8 Å². The molecule has 0 spiro atoms. The molecule has 2 aliphatic carbocycles. The first-order valence-corrected chi connectivity index (χ1v) is 9.67. The van der Waals surface area contributed by atoms with Crippen LogP contribution in [0.3, 0.4) is 0 Å². The van der Waals surface area contributed by atoms with E-state index >= 15 is 0 Å². The van der Waals surface area contributed by atoms with E-state index in [9.17, 15) is 9.90 Å². The van der Waals surface area contributed by atoms with Crippen molar-refractivity contribution in [1.29, 1.82) is 0 Å². The molecule has 0 aromatic carbocycles. The van der Waals surface area contributed by atoms with E-state index in [4.69, 9.17) is 4.74 Å². The summed E-state index contributed by atoms with van der Waals surface area (Å²) in [4.78, 5) is 16.3. The van der Waals surface area contributed by atoms with Crippen molar-refractivity contribution >= 4 is 33.2 Å². The Labute approximate surface area is 143 Å². The van der Waals surface area contributed by atoms with Gasteiger partial charge in [-0.25, -0.2) is 4.98 Å². The highest BCUT2D eigenvalue weighted by Gasteiger charge is 2.53. The number of nitrogens with zero attached hydrogens (tertiary/aromatic N) is 1. The summed E-state index contributed by atoms with van der Waals surface area (Å²) in [6, 6.07) is 0. The van der Waals surface area contributed by atoms with Gasteiger partial charge in [0.25, 0.3) is 0 Å². The number of hydrogen-bond acceptors (Lipinski definition) is 5. The van der Waals surface area contributed by atoms with Crippen LogP contribution in [-0.2, 0) is 15.1 Å². The second kappa shape index (κ2) is 6.57. The fourth-order valence-electron chi connectivity index (χ4n) is 3.67. The summed E-state index contributed by atoms with van der Waals surface area (Å²) in [5, 5.41) is 12.2. The number of esters is 1. The van der Waals surface area contributed by atoms with Crippen molar-refractivity contribution in [3.63, 3.8) is 0 Å². The minimum Gasteiger partial charge on any atom is -0.466 e. The molecular weight excluding hydrogens is 366 g/mol. The van der Waals surface area contributed by atoms with Gasteiger partial charge in [0.2, 0.25) is 0 Å². The third kappa shape index (κ3) is 3.10. The van der Waals surface area contributed by atoms with E-state index in [0.29, 0.717) is 12.5 Å². The first-order chi connectivity index (χ1) is 10.6. The lowest BCUT2D eigenvalue weighted by molar-refractivity contribution is -0.151. The van der Waals surface area contributed by atoms with Gasteiger partial charge in [-0.1, -0.05) is 0 Å². The first-order valence-electron chi connectivity index (χ1n) is 8.06. The van der Waals surface area contributed by atoms with Gasteiger partial charge in [-0.2, -0.15) is 0 Å². The Balaban J connectivity index is 1.71. The number of carbonyl (C=O) groups excluding carboxylic acids is 1. The van der Waals surface area contributed by atoms with Gasteiger partial charge in [-0.3, -0.25) is 4.79 Å². The molecule has 1 atom stereocenters. The normalized spacial score (nSPS) is 28.1. The molecule has 1 heterocycles. The maximum atomic E-state index is 11.9. The second-order valence-electron chi connectivity index (χ2n) is 6.37.